The fourth-order valence-corrected chi connectivity index (χ4v) is 2.58. The molecule has 0 aromatic heterocycles. The molecule has 8 heteroatoms. The Hall–Kier alpha value is -1.15. The van der Waals surface area contributed by atoms with Crippen molar-refractivity contribution in [2.75, 3.05) is 20.2 Å². The number of piperidine rings is 1. The van der Waals surface area contributed by atoms with Crippen molar-refractivity contribution >= 4 is 22.6 Å². The summed E-state index contributed by atoms with van der Waals surface area (Å²) >= 11 is 0. The predicted molar refractivity (Wildman–Crippen MR) is 54.8 cm³/mol. The molecule has 0 saturated carbocycles. The van der Waals surface area contributed by atoms with E-state index in [4.69, 9.17) is 0 Å². The Morgan fingerprint density at radius 1 is 1.44 bits per heavy atom. The summed E-state index contributed by atoms with van der Waals surface area (Å²) in [5, 5.41) is 0. The van der Waals surface area contributed by atoms with Crippen LogP contribution >= 0.6 is 0 Å². The van der Waals surface area contributed by atoms with Crippen LogP contribution in [0.5, 0.6) is 0 Å². The lowest BCUT2D eigenvalue weighted by Gasteiger charge is -2.28. The molecule has 0 aromatic rings. The zero-order valence-electron chi connectivity index (χ0n) is 8.88. The van der Waals surface area contributed by atoms with Crippen LogP contribution in [0, 0.1) is 5.92 Å². The van der Waals surface area contributed by atoms with Crippen LogP contribution in [-0.4, -0.2) is 45.3 Å². The van der Waals surface area contributed by atoms with Crippen LogP contribution in [-0.2, 0) is 19.7 Å². The Morgan fingerprint density at radius 2 is 2.00 bits per heavy atom. The zero-order valence-corrected chi connectivity index (χ0v) is 9.70. The third-order valence-electron chi connectivity index (χ3n) is 2.43. The number of ether oxygens (including phenoxy) is 1. The van der Waals surface area contributed by atoms with Gasteiger partial charge in [0, 0.05) is 19.0 Å². The molecule has 1 fully saturated rings. The van der Waals surface area contributed by atoms with E-state index >= 15 is 0 Å². The lowest BCUT2D eigenvalue weighted by molar-refractivity contribution is -0.112. The zero-order chi connectivity index (χ0) is 12.2. The van der Waals surface area contributed by atoms with E-state index in [1.165, 1.54) is 0 Å². The molecule has 92 valence electrons. The van der Waals surface area contributed by atoms with Crippen LogP contribution in [0.3, 0.4) is 0 Å². The first kappa shape index (κ1) is 12.9. The van der Waals surface area contributed by atoms with Crippen LogP contribution in [0.1, 0.15) is 12.8 Å². The summed E-state index contributed by atoms with van der Waals surface area (Å²) in [6, 6.07) is 0. The highest BCUT2D eigenvalue weighted by Gasteiger charge is 2.29. The van der Waals surface area contributed by atoms with E-state index < -0.39 is 16.3 Å². The second-order valence-electron chi connectivity index (χ2n) is 3.47. The average Bonchev–Trinajstić information content (AvgIpc) is 2.28. The largest absolute Gasteiger partial charge is 0.452 e. The normalized spacial score (nSPS) is 19.1. The minimum Gasteiger partial charge on any atom is -0.452 e. The smallest absolute Gasteiger partial charge is 0.421 e. The van der Waals surface area contributed by atoms with Gasteiger partial charge in [-0.05, 0) is 12.8 Å². The molecular weight excluding hydrogens is 236 g/mol. The van der Waals surface area contributed by atoms with Gasteiger partial charge in [-0.3, -0.25) is 0 Å². The Morgan fingerprint density at radius 3 is 2.44 bits per heavy atom. The maximum atomic E-state index is 11.6. The molecule has 1 aliphatic heterocycles. The predicted octanol–water partition coefficient (Wildman–Crippen LogP) is -0.502. The summed E-state index contributed by atoms with van der Waals surface area (Å²) in [4.78, 5) is 21.3. The van der Waals surface area contributed by atoms with Crippen molar-refractivity contribution in [2.45, 2.75) is 12.8 Å². The van der Waals surface area contributed by atoms with Gasteiger partial charge in [-0.1, -0.05) is 0 Å². The maximum Gasteiger partial charge on any atom is 0.421 e. The molecule has 0 spiro atoms. The number of hydrogen-bond donors (Lipinski definition) is 1. The third-order valence-corrected chi connectivity index (χ3v) is 3.90. The Labute approximate surface area is 93.9 Å². The van der Waals surface area contributed by atoms with Gasteiger partial charge < -0.3 is 9.53 Å². The van der Waals surface area contributed by atoms with Crippen LogP contribution in [0.4, 0.5) is 4.79 Å². The van der Waals surface area contributed by atoms with E-state index in [1.807, 2.05) is 0 Å². The summed E-state index contributed by atoms with van der Waals surface area (Å²) in [6.45, 7) is 0.464. The lowest BCUT2D eigenvalue weighted by Crippen LogP contribution is -2.47. The van der Waals surface area contributed by atoms with Crippen molar-refractivity contribution in [3.63, 3.8) is 0 Å². The lowest BCUT2D eigenvalue weighted by atomic mass is 10.0. The van der Waals surface area contributed by atoms with Crippen molar-refractivity contribution in [3.8, 4) is 0 Å². The van der Waals surface area contributed by atoms with E-state index in [1.54, 1.807) is 4.72 Å². The first-order valence-electron chi connectivity index (χ1n) is 4.80. The molecule has 0 atom stereocenters. The summed E-state index contributed by atoms with van der Waals surface area (Å²) in [5.41, 5.74) is 0. The standard InChI is InChI=1S/C8H14N2O5S/c1-15-8(12)9-16(13,14)10-4-2-7(6-11)3-5-10/h6-7H,2-5H2,1H3,(H,9,12). The number of hydrogen-bond acceptors (Lipinski definition) is 5. The highest BCUT2D eigenvalue weighted by Crippen LogP contribution is 2.16. The monoisotopic (exact) mass is 250 g/mol. The second kappa shape index (κ2) is 5.26. The quantitative estimate of drug-likeness (QED) is 0.681. The first-order valence-corrected chi connectivity index (χ1v) is 6.24. The minimum atomic E-state index is -3.83. The van der Waals surface area contributed by atoms with E-state index in [0.29, 0.717) is 12.8 Å². The highest BCUT2D eigenvalue weighted by molar-refractivity contribution is 7.87. The SMILES string of the molecule is COC(=O)NS(=O)(=O)N1CCC(C=O)CC1. The van der Waals surface area contributed by atoms with Gasteiger partial charge in [0.2, 0.25) is 0 Å². The molecular formula is C8H14N2O5S. The van der Waals surface area contributed by atoms with Crippen molar-refractivity contribution in [2.24, 2.45) is 5.92 Å². The van der Waals surface area contributed by atoms with E-state index in [0.717, 1.165) is 17.7 Å². The van der Waals surface area contributed by atoms with Crippen LogP contribution in [0.15, 0.2) is 0 Å². The molecule has 0 radical (unpaired) electrons. The first-order chi connectivity index (χ1) is 7.49. The van der Waals surface area contributed by atoms with Crippen molar-refractivity contribution in [1.29, 1.82) is 0 Å². The van der Waals surface area contributed by atoms with Gasteiger partial charge in [0.05, 0.1) is 7.11 Å². The maximum absolute atomic E-state index is 11.6. The molecule has 0 bridgehead atoms. The number of amides is 1. The fourth-order valence-electron chi connectivity index (χ4n) is 1.46. The van der Waals surface area contributed by atoms with Gasteiger partial charge in [0.15, 0.2) is 0 Å². The van der Waals surface area contributed by atoms with Crippen LogP contribution in [0.25, 0.3) is 0 Å². The summed E-state index contributed by atoms with van der Waals surface area (Å²) in [6.07, 6.45) is 0.770. The number of carbonyl (C=O) groups excluding carboxylic acids is 2. The van der Waals surface area contributed by atoms with Crippen LogP contribution in [0.2, 0.25) is 0 Å². The van der Waals surface area contributed by atoms with Gasteiger partial charge >= 0.3 is 16.3 Å². The van der Waals surface area contributed by atoms with E-state index in [2.05, 4.69) is 4.74 Å². The molecule has 0 aromatic carbocycles. The summed E-state index contributed by atoms with van der Waals surface area (Å²) in [5.74, 6) is -0.0930. The van der Waals surface area contributed by atoms with Gasteiger partial charge in [-0.2, -0.15) is 12.7 Å². The number of nitrogens with one attached hydrogen (secondary N) is 1. The average molecular weight is 250 g/mol. The highest BCUT2D eigenvalue weighted by atomic mass is 32.2. The molecule has 1 rings (SSSR count). The number of carbonyl (C=O) groups is 2. The second-order valence-corrected chi connectivity index (χ2v) is 5.14. The van der Waals surface area contributed by atoms with E-state index in [-0.39, 0.29) is 19.0 Å². The third kappa shape index (κ3) is 3.17. The van der Waals surface area contributed by atoms with Gasteiger partial charge in [-0.25, -0.2) is 9.52 Å². The Balaban J connectivity index is 2.58. The van der Waals surface area contributed by atoms with Crippen LogP contribution < -0.4 is 4.72 Å². The molecule has 7 nitrogen and oxygen atoms in total. The van der Waals surface area contributed by atoms with Gasteiger partial charge in [-0.15, -0.1) is 0 Å². The Bertz CT molecular complexity index is 359. The van der Waals surface area contributed by atoms with Gasteiger partial charge in [0.25, 0.3) is 0 Å². The number of nitrogens with zero attached hydrogens (tertiary/aromatic N) is 1. The molecule has 1 heterocycles. The van der Waals surface area contributed by atoms with Crippen molar-refractivity contribution in [3.05, 3.63) is 0 Å². The summed E-state index contributed by atoms with van der Waals surface area (Å²) in [7, 11) is -2.75. The topological polar surface area (TPSA) is 92.8 Å². The van der Waals surface area contributed by atoms with Crippen molar-refractivity contribution in [1.82, 2.24) is 9.03 Å². The molecule has 0 aliphatic carbocycles. The number of methoxy groups -OCH3 is 1. The van der Waals surface area contributed by atoms with Gasteiger partial charge in [0.1, 0.15) is 6.29 Å². The fraction of sp³-hybridized carbons (Fsp3) is 0.750. The molecule has 0 unspecified atom stereocenters. The molecule has 1 amide bonds. The van der Waals surface area contributed by atoms with E-state index in [9.17, 15) is 18.0 Å². The molecule has 1 aliphatic rings. The Kier molecular flexibility index (Phi) is 4.25. The number of aldehydes is 1. The molecule has 16 heavy (non-hydrogen) atoms. The molecule has 1 N–H and O–H groups in total. The minimum absolute atomic E-state index is 0.0930. The molecule has 1 saturated heterocycles. The summed E-state index contributed by atoms with van der Waals surface area (Å²) < 4.78 is 30.2. The van der Waals surface area contributed by atoms with Crippen molar-refractivity contribution < 1.29 is 22.7 Å². The number of rotatable bonds is 3.